The molecule has 0 aliphatic carbocycles. The van der Waals surface area contributed by atoms with Crippen molar-refractivity contribution in [3.8, 4) is 0 Å². The lowest BCUT2D eigenvalue weighted by Crippen LogP contribution is -2.35. The number of aromatic nitrogens is 2. The zero-order chi connectivity index (χ0) is 17.8. The first-order valence-corrected chi connectivity index (χ1v) is 8.94. The Hall–Kier alpha value is -2.15. The lowest BCUT2D eigenvalue weighted by atomic mass is 10.1. The molecule has 0 aromatic carbocycles. The molecule has 0 N–H and O–H groups in total. The first-order valence-electron chi connectivity index (χ1n) is 8.94. The van der Waals surface area contributed by atoms with Gasteiger partial charge in [0.05, 0.1) is 6.54 Å². The van der Waals surface area contributed by atoms with Gasteiger partial charge in [-0.3, -0.25) is 9.69 Å². The third kappa shape index (κ3) is 4.28. The maximum absolute atomic E-state index is 12.6. The SMILES string of the molecule is CCc1ccc(C(=O)N2CCC[C@H](N(C)Cc3noc(C)n3)CC2)o1. The summed E-state index contributed by atoms with van der Waals surface area (Å²) >= 11 is 0. The molecule has 2 aromatic heterocycles. The molecule has 0 unspecified atom stereocenters. The van der Waals surface area contributed by atoms with Crippen LogP contribution in [0.5, 0.6) is 0 Å². The van der Waals surface area contributed by atoms with Gasteiger partial charge in [-0.25, -0.2) is 0 Å². The number of furan rings is 1. The lowest BCUT2D eigenvalue weighted by molar-refractivity contribution is 0.0723. The average Bonchev–Trinajstić information content (AvgIpc) is 3.16. The van der Waals surface area contributed by atoms with E-state index in [1.54, 1.807) is 13.0 Å². The van der Waals surface area contributed by atoms with Crippen molar-refractivity contribution in [1.82, 2.24) is 19.9 Å². The number of hydrogen-bond acceptors (Lipinski definition) is 6. The predicted molar refractivity (Wildman–Crippen MR) is 92.1 cm³/mol. The molecule has 3 rings (SSSR count). The van der Waals surface area contributed by atoms with Crippen molar-refractivity contribution >= 4 is 5.91 Å². The zero-order valence-corrected chi connectivity index (χ0v) is 15.2. The van der Waals surface area contributed by atoms with Gasteiger partial charge in [0.1, 0.15) is 5.76 Å². The van der Waals surface area contributed by atoms with E-state index in [4.69, 9.17) is 8.94 Å². The minimum absolute atomic E-state index is 0.00297. The number of aryl methyl sites for hydroxylation is 2. The highest BCUT2D eigenvalue weighted by Crippen LogP contribution is 2.20. The summed E-state index contributed by atoms with van der Waals surface area (Å²) in [5.41, 5.74) is 0. The van der Waals surface area contributed by atoms with E-state index in [1.165, 1.54) is 0 Å². The van der Waals surface area contributed by atoms with E-state index < -0.39 is 0 Å². The minimum Gasteiger partial charge on any atom is -0.456 e. The van der Waals surface area contributed by atoms with Crippen molar-refractivity contribution in [3.05, 3.63) is 35.4 Å². The van der Waals surface area contributed by atoms with Crippen LogP contribution in [0.4, 0.5) is 0 Å². The van der Waals surface area contributed by atoms with E-state index in [2.05, 4.69) is 22.1 Å². The quantitative estimate of drug-likeness (QED) is 0.828. The van der Waals surface area contributed by atoms with Crippen LogP contribution in [0.1, 0.15) is 54.2 Å². The second-order valence-electron chi connectivity index (χ2n) is 6.64. The van der Waals surface area contributed by atoms with Gasteiger partial charge in [-0.15, -0.1) is 0 Å². The van der Waals surface area contributed by atoms with Crippen LogP contribution in [0.3, 0.4) is 0 Å². The van der Waals surface area contributed by atoms with Gasteiger partial charge in [0.15, 0.2) is 11.6 Å². The lowest BCUT2D eigenvalue weighted by Gasteiger charge is -2.25. The molecule has 0 radical (unpaired) electrons. The Kier molecular flexibility index (Phi) is 5.53. The van der Waals surface area contributed by atoms with Crippen molar-refractivity contribution in [3.63, 3.8) is 0 Å². The molecule has 1 saturated heterocycles. The molecule has 1 atom stereocenters. The zero-order valence-electron chi connectivity index (χ0n) is 15.2. The van der Waals surface area contributed by atoms with Crippen LogP contribution in [0.2, 0.25) is 0 Å². The predicted octanol–water partition coefficient (Wildman–Crippen LogP) is 2.66. The maximum atomic E-state index is 12.6. The van der Waals surface area contributed by atoms with Crippen LogP contribution in [0.15, 0.2) is 21.1 Å². The second-order valence-corrected chi connectivity index (χ2v) is 6.64. The van der Waals surface area contributed by atoms with Gasteiger partial charge in [-0.2, -0.15) is 4.98 Å². The van der Waals surface area contributed by atoms with Crippen molar-refractivity contribution in [2.24, 2.45) is 0 Å². The number of amides is 1. The van der Waals surface area contributed by atoms with Gasteiger partial charge in [0.25, 0.3) is 5.91 Å². The number of carbonyl (C=O) groups is 1. The number of nitrogens with zero attached hydrogens (tertiary/aromatic N) is 4. The standard InChI is InChI=1S/C18H26N4O3/c1-4-15-7-8-16(24-15)18(23)22-10-5-6-14(9-11-22)21(3)12-17-19-13(2)25-20-17/h7-8,14H,4-6,9-12H2,1-3H3/t14-/m0/s1. The summed E-state index contributed by atoms with van der Waals surface area (Å²) in [4.78, 5) is 21.1. The molecular formula is C18H26N4O3. The monoisotopic (exact) mass is 346 g/mol. The van der Waals surface area contributed by atoms with Crippen LogP contribution in [0, 0.1) is 6.92 Å². The first kappa shape index (κ1) is 17.7. The first-order chi connectivity index (χ1) is 12.1. The highest BCUT2D eigenvalue weighted by Gasteiger charge is 2.25. The number of carbonyl (C=O) groups excluding carboxylic acids is 1. The summed E-state index contributed by atoms with van der Waals surface area (Å²) in [5.74, 6) is 2.60. The Morgan fingerprint density at radius 1 is 1.36 bits per heavy atom. The van der Waals surface area contributed by atoms with Crippen molar-refractivity contribution in [1.29, 1.82) is 0 Å². The highest BCUT2D eigenvalue weighted by molar-refractivity contribution is 5.91. The Balaban J connectivity index is 1.57. The van der Waals surface area contributed by atoms with Gasteiger partial charge in [-0.1, -0.05) is 12.1 Å². The minimum atomic E-state index is -0.00297. The van der Waals surface area contributed by atoms with E-state index in [0.29, 0.717) is 30.1 Å². The fraction of sp³-hybridized carbons (Fsp3) is 0.611. The van der Waals surface area contributed by atoms with Crippen LogP contribution >= 0.6 is 0 Å². The summed E-state index contributed by atoms with van der Waals surface area (Å²) in [6.45, 7) is 5.98. The fourth-order valence-electron chi connectivity index (χ4n) is 3.32. The van der Waals surface area contributed by atoms with Crippen LogP contribution < -0.4 is 0 Å². The molecule has 2 aromatic rings. The third-order valence-electron chi connectivity index (χ3n) is 4.79. The normalized spacial score (nSPS) is 18.6. The average molecular weight is 346 g/mol. The molecule has 7 nitrogen and oxygen atoms in total. The summed E-state index contributed by atoms with van der Waals surface area (Å²) in [6.07, 6.45) is 3.76. The van der Waals surface area contributed by atoms with E-state index >= 15 is 0 Å². The third-order valence-corrected chi connectivity index (χ3v) is 4.79. The van der Waals surface area contributed by atoms with Gasteiger partial charge in [-0.05, 0) is 38.4 Å². The summed E-state index contributed by atoms with van der Waals surface area (Å²) < 4.78 is 10.7. The van der Waals surface area contributed by atoms with Crippen molar-refractivity contribution < 1.29 is 13.7 Å². The molecule has 1 aliphatic rings. The van der Waals surface area contributed by atoms with Gasteiger partial charge < -0.3 is 13.8 Å². The second kappa shape index (κ2) is 7.82. The Bertz CT molecular complexity index is 709. The number of hydrogen-bond donors (Lipinski definition) is 0. The molecule has 25 heavy (non-hydrogen) atoms. The molecular weight excluding hydrogens is 320 g/mol. The Morgan fingerprint density at radius 2 is 2.20 bits per heavy atom. The van der Waals surface area contributed by atoms with E-state index in [9.17, 15) is 4.79 Å². The van der Waals surface area contributed by atoms with Gasteiger partial charge in [0, 0.05) is 32.5 Å². The molecule has 1 aliphatic heterocycles. The van der Waals surface area contributed by atoms with E-state index in [0.717, 1.165) is 44.5 Å². The molecule has 0 bridgehead atoms. The van der Waals surface area contributed by atoms with E-state index in [1.807, 2.05) is 17.9 Å². The Labute approximate surface area is 148 Å². The van der Waals surface area contributed by atoms with Crippen molar-refractivity contribution in [2.75, 3.05) is 20.1 Å². The highest BCUT2D eigenvalue weighted by atomic mass is 16.5. The molecule has 0 saturated carbocycles. The maximum Gasteiger partial charge on any atom is 0.289 e. The smallest absolute Gasteiger partial charge is 0.289 e. The Morgan fingerprint density at radius 3 is 2.88 bits per heavy atom. The van der Waals surface area contributed by atoms with Crippen LogP contribution in [-0.4, -0.2) is 52.0 Å². The van der Waals surface area contributed by atoms with Crippen LogP contribution in [-0.2, 0) is 13.0 Å². The van der Waals surface area contributed by atoms with E-state index in [-0.39, 0.29) is 5.91 Å². The largest absolute Gasteiger partial charge is 0.456 e. The topological polar surface area (TPSA) is 75.6 Å². The number of rotatable bonds is 5. The molecule has 3 heterocycles. The summed E-state index contributed by atoms with van der Waals surface area (Å²) in [7, 11) is 2.08. The van der Waals surface area contributed by atoms with Gasteiger partial charge >= 0.3 is 0 Å². The fourth-order valence-corrected chi connectivity index (χ4v) is 3.32. The van der Waals surface area contributed by atoms with Gasteiger partial charge in [0.2, 0.25) is 5.89 Å². The van der Waals surface area contributed by atoms with Crippen LogP contribution in [0.25, 0.3) is 0 Å². The molecule has 7 heteroatoms. The number of likely N-dealkylation sites (tertiary alicyclic amines) is 1. The van der Waals surface area contributed by atoms with Crippen molar-refractivity contribution in [2.45, 2.75) is 52.1 Å². The molecule has 136 valence electrons. The molecule has 0 spiro atoms. The summed E-state index contributed by atoms with van der Waals surface area (Å²) in [6, 6.07) is 4.07. The molecule has 1 fully saturated rings. The summed E-state index contributed by atoms with van der Waals surface area (Å²) in [5, 5.41) is 3.96. The molecule has 1 amide bonds.